The van der Waals surface area contributed by atoms with Crippen molar-refractivity contribution in [3.8, 4) is 0 Å². The number of anilines is 1. The van der Waals surface area contributed by atoms with Gasteiger partial charge < -0.3 is 5.73 Å². The second-order valence-corrected chi connectivity index (χ2v) is 6.32. The molecule has 2 aliphatic rings. The Morgan fingerprint density at radius 2 is 1.95 bits per heavy atom. The highest BCUT2D eigenvalue weighted by Crippen LogP contribution is 2.35. The van der Waals surface area contributed by atoms with Gasteiger partial charge in [0.25, 0.3) is 0 Å². The quantitative estimate of drug-likeness (QED) is 0.904. The first-order valence-electron chi connectivity index (χ1n) is 7.68. The first-order chi connectivity index (χ1) is 9.79. The fraction of sp³-hybridized carbons (Fsp3) is 0.471. The summed E-state index contributed by atoms with van der Waals surface area (Å²) in [4.78, 5) is 7.41. The molecule has 0 radical (unpaired) electrons. The van der Waals surface area contributed by atoms with Crippen molar-refractivity contribution in [1.82, 2.24) is 9.88 Å². The molecule has 20 heavy (non-hydrogen) atoms. The van der Waals surface area contributed by atoms with Crippen LogP contribution in [-0.4, -0.2) is 22.5 Å². The molecule has 1 aromatic carbocycles. The topological polar surface area (TPSA) is 42.1 Å². The number of hydrogen-bond acceptors (Lipinski definition) is 3. The van der Waals surface area contributed by atoms with Crippen molar-refractivity contribution in [2.75, 3.05) is 12.3 Å². The highest BCUT2D eigenvalue weighted by Gasteiger charge is 2.33. The second kappa shape index (κ2) is 4.74. The number of fused-ring (bicyclic) bond motifs is 1. The molecular formula is C17H21N3. The lowest BCUT2D eigenvalue weighted by atomic mass is 10.1. The summed E-state index contributed by atoms with van der Waals surface area (Å²) in [5, 5.41) is 1.07. The smallest absolute Gasteiger partial charge is 0.0726 e. The summed E-state index contributed by atoms with van der Waals surface area (Å²) in [6, 6.07) is 11.0. The van der Waals surface area contributed by atoms with E-state index in [1.807, 2.05) is 18.2 Å². The molecule has 1 aromatic heterocycles. The Labute approximate surface area is 119 Å². The van der Waals surface area contributed by atoms with Crippen molar-refractivity contribution in [2.24, 2.45) is 5.92 Å². The van der Waals surface area contributed by atoms with Crippen LogP contribution in [0.25, 0.3) is 10.9 Å². The van der Waals surface area contributed by atoms with E-state index < -0.39 is 0 Å². The van der Waals surface area contributed by atoms with Gasteiger partial charge in [0.15, 0.2) is 0 Å². The fourth-order valence-corrected chi connectivity index (χ4v) is 2.96. The van der Waals surface area contributed by atoms with Crippen molar-refractivity contribution in [2.45, 2.75) is 38.3 Å². The van der Waals surface area contributed by atoms with Gasteiger partial charge in [-0.05, 0) is 43.7 Å². The molecule has 2 saturated carbocycles. The molecule has 0 saturated heterocycles. The summed E-state index contributed by atoms with van der Waals surface area (Å²) in [6.07, 6.45) is 5.54. The van der Waals surface area contributed by atoms with E-state index in [0.717, 1.165) is 40.8 Å². The third kappa shape index (κ3) is 2.50. The van der Waals surface area contributed by atoms with Crippen LogP contribution in [0.2, 0.25) is 0 Å². The van der Waals surface area contributed by atoms with E-state index in [-0.39, 0.29) is 0 Å². The van der Waals surface area contributed by atoms with Crippen LogP contribution >= 0.6 is 0 Å². The average Bonchev–Trinajstić information content (AvgIpc) is 3.32. The van der Waals surface area contributed by atoms with Gasteiger partial charge in [0, 0.05) is 30.2 Å². The Hall–Kier alpha value is -1.61. The standard InChI is InChI=1S/C17H21N3/c18-16-9-13(19-17-4-2-1-3-15(16)17)11-20(14-7-8-14)10-12-5-6-12/h1-4,9,12,14H,5-8,10-11H2,(H2,18,19). The Morgan fingerprint density at radius 1 is 1.15 bits per heavy atom. The fourth-order valence-electron chi connectivity index (χ4n) is 2.96. The first kappa shape index (κ1) is 12.2. The average molecular weight is 267 g/mol. The lowest BCUT2D eigenvalue weighted by Crippen LogP contribution is -2.28. The molecule has 0 spiro atoms. The molecule has 0 amide bonds. The minimum Gasteiger partial charge on any atom is -0.398 e. The van der Waals surface area contributed by atoms with Gasteiger partial charge in [0.1, 0.15) is 0 Å². The zero-order valence-electron chi connectivity index (χ0n) is 11.8. The molecule has 0 unspecified atom stereocenters. The molecule has 3 nitrogen and oxygen atoms in total. The highest BCUT2D eigenvalue weighted by atomic mass is 15.2. The first-order valence-corrected chi connectivity index (χ1v) is 7.68. The largest absolute Gasteiger partial charge is 0.398 e. The van der Waals surface area contributed by atoms with E-state index in [4.69, 9.17) is 10.7 Å². The lowest BCUT2D eigenvalue weighted by molar-refractivity contribution is 0.241. The van der Waals surface area contributed by atoms with Gasteiger partial charge in [-0.25, -0.2) is 0 Å². The molecule has 2 aliphatic carbocycles. The normalized spacial score (nSPS) is 18.9. The summed E-state index contributed by atoms with van der Waals surface area (Å²) in [5.74, 6) is 0.938. The van der Waals surface area contributed by atoms with E-state index in [0.29, 0.717) is 0 Å². The molecule has 0 aliphatic heterocycles. The number of hydrogen-bond donors (Lipinski definition) is 1. The van der Waals surface area contributed by atoms with Gasteiger partial charge in [-0.2, -0.15) is 0 Å². The lowest BCUT2D eigenvalue weighted by Gasteiger charge is -2.21. The number of rotatable bonds is 5. The summed E-state index contributed by atoms with van der Waals surface area (Å²) in [7, 11) is 0. The van der Waals surface area contributed by atoms with Crippen molar-refractivity contribution in [1.29, 1.82) is 0 Å². The Balaban J connectivity index is 1.60. The van der Waals surface area contributed by atoms with E-state index >= 15 is 0 Å². The van der Waals surface area contributed by atoms with E-state index in [1.54, 1.807) is 0 Å². The number of aromatic nitrogens is 1. The van der Waals surface area contributed by atoms with Crippen LogP contribution in [0.4, 0.5) is 5.69 Å². The van der Waals surface area contributed by atoms with Crippen LogP contribution in [0.15, 0.2) is 30.3 Å². The molecule has 2 aromatic rings. The monoisotopic (exact) mass is 267 g/mol. The van der Waals surface area contributed by atoms with E-state index in [2.05, 4.69) is 17.0 Å². The molecule has 2 fully saturated rings. The van der Waals surface area contributed by atoms with Crippen LogP contribution in [0.5, 0.6) is 0 Å². The minimum atomic E-state index is 0.796. The Morgan fingerprint density at radius 3 is 2.70 bits per heavy atom. The third-order valence-corrected chi connectivity index (χ3v) is 4.42. The van der Waals surface area contributed by atoms with Crippen LogP contribution in [-0.2, 0) is 6.54 Å². The van der Waals surface area contributed by atoms with Gasteiger partial charge >= 0.3 is 0 Å². The van der Waals surface area contributed by atoms with Crippen LogP contribution in [0, 0.1) is 5.92 Å². The number of nitrogen functional groups attached to an aromatic ring is 1. The van der Waals surface area contributed by atoms with Gasteiger partial charge in [-0.1, -0.05) is 18.2 Å². The molecule has 4 rings (SSSR count). The highest BCUT2D eigenvalue weighted by molar-refractivity contribution is 5.90. The van der Waals surface area contributed by atoms with Gasteiger partial charge in [0.2, 0.25) is 0 Å². The van der Waals surface area contributed by atoms with Crippen molar-refractivity contribution >= 4 is 16.6 Å². The molecule has 1 heterocycles. The Kier molecular flexibility index (Phi) is 2.88. The number of benzene rings is 1. The number of nitrogens with two attached hydrogens (primary N) is 1. The van der Waals surface area contributed by atoms with Gasteiger partial charge in [0.05, 0.1) is 11.2 Å². The molecular weight excluding hydrogens is 246 g/mol. The van der Waals surface area contributed by atoms with Crippen molar-refractivity contribution in [3.05, 3.63) is 36.0 Å². The summed E-state index contributed by atoms with van der Waals surface area (Å²) < 4.78 is 0. The zero-order valence-corrected chi connectivity index (χ0v) is 11.8. The summed E-state index contributed by atoms with van der Waals surface area (Å²) in [5.41, 5.74) is 9.17. The number of para-hydroxylation sites is 1. The minimum absolute atomic E-state index is 0.796. The maximum Gasteiger partial charge on any atom is 0.0726 e. The van der Waals surface area contributed by atoms with Gasteiger partial charge in [-0.3, -0.25) is 9.88 Å². The van der Waals surface area contributed by atoms with Crippen LogP contribution < -0.4 is 5.73 Å². The van der Waals surface area contributed by atoms with Crippen LogP contribution in [0.3, 0.4) is 0 Å². The Bertz CT molecular complexity index is 629. The second-order valence-electron chi connectivity index (χ2n) is 6.32. The molecule has 0 atom stereocenters. The summed E-state index contributed by atoms with van der Waals surface area (Å²) in [6.45, 7) is 2.20. The van der Waals surface area contributed by atoms with Gasteiger partial charge in [-0.15, -0.1) is 0 Å². The number of nitrogens with zero attached hydrogens (tertiary/aromatic N) is 2. The molecule has 3 heteroatoms. The third-order valence-electron chi connectivity index (χ3n) is 4.42. The SMILES string of the molecule is Nc1cc(CN(CC2CC2)C2CC2)nc2ccccc12. The maximum absolute atomic E-state index is 6.18. The zero-order chi connectivity index (χ0) is 13.5. The predicted molar refractivity (Wildman–Crippen MR) is 82.3 cm³/mol. The van der Waals surface area contributed by atoms with Crippen LogP contribution in [0.1, 0.15) is 31.4 Å². The maximum atomic E-state index is 6.18. The summed E-state index contributed by atoms with van der Waals surface area (Å²) >= 11 is 0. The molecule has 104 valence electrons. The predicted octanol–water partition coefficient (Wildman–Crippen LogP) is 3.19. The van der Waals surface area contributed by atoms with E-state index in [1.165, 1.54) is 32.2 Å². The van der Waals surface area contributed by atoms with Crippen molar-refractivity contribution < 1.29 is 0 Å². The molecule has 2 N–H and O–H groups in total. The molecule has 0 bridgehead atoms. The number of pyridine rings is 1. The van der Waals surface area contributed by atoms with E-state index in [9.17, 15) is 0 Å². The van der Waals surface area contributed by atoms with Crippen molar-refractivity contribution in [3.63, 3.8) is 0 Å².